The van der Waals surface area contributed by atoms with E-state index in [1.54, 1.807) is 6.07 Å². The zero-order valence-electron chi connectivity index (χ0n) is 6.83. The Kier molecular flexibility index (Phi) is 3.63. The fourth-order valence-corrected chi connectivity index (χ4v) is 1.48. The topological polar surface area (TPSA) is 37.3 Å². The Morgan fingerprint density at radius 1 is 1.54 bits per heavy atom. The SMILES string of the molecule is O=C(CCCl)c1ccc(O)cc1S. The van der Waals surface area contributed by atoms with Crippen LogP contribution in [-0.4, -0.2) is 16.8 Å². The molecule has 70 valence electrons. The van der Waals surface area contributed by atoms with Gasteiger partial charge in [-0.1, -0.05) is 0 Å². The van der Waals surface area contributed by atoms with Crippen LogP contribution in [0.4, 0.5) is 0 Å². The summed E-state index contributed by atoms with van der Waals surface area (Å²) in [5, 5.41) is 9.06. The van der Waals surface area contributed by atoms with E-state index in [-0.39, 0.29) is 11.5 Å². The minimum absolute atomic E-state index is 0.0556. The fourth-order valence-electron chi connectivity index (χ4n) is 0.976. The number of phenolic OH excluding ortho intramolecular Hbond substituents is 1. The zero-order chi connectivity index (χ0) is 9.84. The average Bonchev–Trinajstić information content (AvgIpc) is 2.04. The number of alkyl halides is 1. The molecule has 0 atom stereocenters. The van der Waals surface area contributed by atoms with Crippen LogP contribution >= 0.6 is 24.2 Å². The summed E-state index contributed by atoms with van der Waals surface area (Å²) in [5.41, 5.74) is 0.502. The number of carbonyl (C=O) groups excluding carboxylic acids is 1. The van der Waals surface area contributed by atoms with Crippen LogP contribution in [0.1, 0.15) is 16.8 Å². The van der Waals surface area contributed by atoms with Crippen LogP contribution in [0.5, 0.6) is 5.75 Å². The van der Waals surface area contributed by atoms with E-state index in [2.05, 4.69) is 12.6 Å². The quantitative estimate of drug-likeness (QED) is 0.463. The second-order valence-electron chi connectivity index (χ2n) is 2.56. The Balaban J connectivity index is 2.95. The maximum atomic E-state index is 11.4. The summed E-state index contributed by atoms with van der Waals surface area (Å²) in [4.78, 5) is 11.8. The lowest BCUT2D eigenvalue weighted by Crippen LogP contribution is -2.00. The molecular formula is C9H9ClO2S. The molecule has 0 aliphatic rings. The molecule has 2 nitrogen and oxygen atoms in total. The van der Waals surface area contributed by atoms with Gasteiger partial charge in [0, 0.05) is 22.8 Å². The Morgan fingerprint density at radius 3 is 2.77 bits per heavy atom. The molecule has 0 spiro atoms. The van der Waals surface area contributed by atoms with Crippen molar-refractivity contribution in [1.29, 1.82) is 0 Å². The molecule has 0 aliphatic heterocycles. The molecule has 4 heteroatoms. The monoisotopic (exact) mass is 216 g/mol. The Labute approximate surface area is 86.9 Å². The van der Waals surface area contributed by atoms with Crippen molar-refractivity contribution >= 4 is 30.0 Å². The Morgan fingerprint density at radius 2 is 2.23 bits per heavy atom. The number of thiol groups is 1. The molecular weight excluding hydrogens is 208 g/mol. The number of Topliss-reactive ketones (excluding diaryl/α,β-unsaturated/α-hetero) is 1. The molecule has 13 heavy (non-hydrogen) atoms. The molecule has 0 saturated heterocycles. The van der Waals surface area contributed by atoms with Crippen molar-refractivity contribution in [3.63, 3.8) is 0 Å². The zero-order valence-corrected chi connectivity index (χ0v) is 8.48. The van der Waals surface area contributed by atoms with E-state index in [1.807, 2.05) is 0 Å². The molecule has 0 bridgehead atoms. The first-order valence-corrected chi connectivity index (χ1v) is 4.74. The number of carbonyl (C=O) groups is 1. The molecule has 1 aromatic rings. The van der Waals surface area contributed by atoms with Gasteiger partial charge in [0.15, 0.2) is 5.78 Å². The first-order chi connectivity index (χ1) is 6.15. The summed E-state index contributed by atoms with van der Waals surface area (Å²) in [5.74, 6) is 0.347. The molecule has 1 aromatic carbocycles. The number of hydrogen-bond donors (Lipinski definition) is 2. The van der Waals surface area contributed by atoms with Crippen LogP contribution in [0.25, 0.3) is 0 Å². The molecule has 0 saturated carbocycles. The van der Waals surface area contributed by atoms with Crippen molar-refractivity contribution in [1.82, 2.24) is 0 Å². The maximum absolute atomic E-state index is 11.4. The van der Waals surface area contributed by atoms with Crippen molar-refractivity contribution in [3.8, 4) is 5.75 Å². The molecule has 0 unspecified atom stereocenters. The number of phenols is 1. The van der Waals surface area contributed by atoms with Gasteiger partial charge in [0.25, 0.3) is 0 Å². The Hall–Kier alpha value is -0.670. The van der Waals surface area contributed by atoms with Crippen molar-refractivity contribution in [3.05, 3.63) is 23.8 Å². The first-order valence-electron chi connectivity index (χ1n) is 3.76. The lowest BCUT2D eigenvalue weighted by molar-refractivity contribution is 0.0986. The second-order valence-corrected chi connectivity index (χ2v) is 3.42. The predicted octanol–water partition coefficient (Wildman–Crippen LogP) is 2.49. The standard InChI is InChI=1S/C9H9ClO2S/c10-4-3-8(12)7-2-1-6(11)5-9(7)13/h1-2,5,11,13H,3-4H2. The van der Waals surface area contributed by atoms with Gasteiger partial charge < -0.3 is 5.11 Å². The van der Waals surface area contributed by atoms with E-state index in [9.17, 15) is 4.79 Å². The molecule has 0 aliphatic carbocycles. The molecule has 0 aromatic heterocycles. The highest BCUT2D eigenvalue weighted by atomic mass is 35.5. The van der Waals surface area contributed by atoms with Gasteiger partial charge in [-0.2, -0.15) is 0 Å². The number of ketones is 1. The predicted molar refractivity (Wildman–Crippen MR) is 55.0 cm³/mol. The number of halogens is 1. The highest BCUT2D eigenvalue weighted by Crippen LogP contribution is 2.21. The van der Waals surface area contributed by atoms with E-state index in [4.69, 9.17) is 16.7 Å². The van der Waals surface area contributed by atoms with Crippen LogP contribution in [0, 0.1) is 0 Å². The van der Waals surface area contributed by atoms with Gasteiger partial charge in [-0.15, -0.1) is 24.2 Å². The van der Waals surface area contributed by atoms with Crippen LogP contribution in [0.3, 0.4) is 0 Å². The van der Waals surface area contributed by atoms with Gasteiger partial charge in [0.1, 0.15) is 5.75 Å². The number of rotatable bonds is 3. The molecule has 1 rings (SSSR count). The van der Waals surface area contributed by atoms with E-state index in [1.165, 1.54) is 12.1 Å². The lowest BCUT2D eigenvalue weighted by Gasteiger charge is -2.02. The molecule has 1 N–H and O–H groups in total. The smallest absolute Gasteiger partial charge is 0.165 e. The molecule has 0 amide bonds. The van der Waals surface area contributed by atoms with Crippen LogP contribution in [0.15, 0.2) is 23.1 Å². The third-order valence-electron chi connectivity index (χ3n) is 1.60. The van der Waals surface area contributed by atoms with Gasteiger partial charge in [-0.3, -0.25) is 4.79 Å². The normalized spacial score (nSPS) is 10.0. The van der Waals surface area contributed by atoms with Gasteiger partial charge in [-0.05, 0) is 18.2 Å². The summed E-state index contributed by atoms with van der Waals surface area (Å²) < 4.78 is 0. The van der Waals surface area contributed by atoms with E-state index >= 15 is 0 Å². The summed E-state index contributed by atoms with van der Waals surface area (Å²) in [6.45, 7) is 0. The summed E-state index contributed by atoms with van der Waals surface area (Å²) in [6, 6.07) is 4.44. The first kappa shape index (κ1) is 10.4. The van der Waals surface area contributed by atoms with E-state index in [0.29, 0.717) is 22.8 Å². The third-order valence-corrected chi connectivity index (χ3v) is 2.16. The molecule has 0 fully saturated rings. The highest BCUT2D eigenvalue weighted by molar-refractivity contribution is 7.80. The second kappa shape index (κ2) is 4.53. The van der Waals surface area contributed by atoms with Crippen LogP contribution in [-0.2, 0) is 0 Å². The van der Waals surface area contributed by atoms with Gasteiger partial charge >= 0.3 is 0 Å². The van der Waals surface area contributed by atoms with Crippen molar-refractivity contribution < 1.29 is 9.90 Å². The summed E-state index contributed by atoms with van der Waals surface area (Å²) in [7, 11) is 0. The molecule has 0 radical (unpaired) electrons. The highest BCUT2D eigenvalue weighted by Gasteiger charge is 2.08. The van der Waals surface area contributed by atoms with Crippen molar-refractivity contribution in [2.45, 2.75) is 11.3 Å². The van der Waals surface area contributed by atoms with E-state index in [0.717, 1.165) is 0 Å². The maximum Gasteiger partial charge on any atom is 0.165 e. The number of aromatic hydroxyl groups is 1. The van der Waals surface area contributed by atoms with Crippen molar-refractivity contribution in [2.75, 3.05) is 5.88 Å². The molecule has 0 heterocycles. The third kappa shape index (κ3) is 2.64. The van der Waals surface area contributed by atoms with Crippen molar-refractivity contribution in [2.24, 2.45) is 0 Å². The minimum Gasteiger partial charge on any atom is -0.508 e. The average molecular weight is 217 g/mol. The summed E-state index contributed by atoms with van der Waals surface area (Å²) in [6.07, 6.45) is 0.292. The van der Waals surface area contributed by atoms with Crippen LogP contribution < -0.4 is 0 Å². The summed E-state index contributed by atoms with van der Waals surface area (Å²) >= 11 is 9.51. The van der Waals surface area contributed by atoms with E-state index < -0.39 is 0 Å². The van der Waals surface area contributed by atoms with Gasteiger partial charge in [0.2, 0.25) is 0 Å². The van der Waals surface area contributed by atoms with Gasteiger partial charge in [0.05, 0.1) is 0 Å². The number of hydrogen-bond acceptors (Lipinski definition) is 3. The van der Waals surface area contributed by atoms with Crippen LogP contribution in [0.2, 0.25) is 0 Å². The largest absolute Gasteiger partial charge is 0.508 e. The minimum atomic E-state index is -0.0556. The lowest BCUT2D eigenvalue weighted by atomic mass is 10.1. The number of benzene rings is 1. The fraction of sp³-hybridized carbons (Fsp3) is 0.222. The van der Waals surface area contributed by atoms with Gasteiger partial charge in [-0.25, -0.2) is 0 Å². The Bertz CT molecular complexity index is 325.